The van der Waals surface area contributed by atoms with Crippen LogP contribution in [0.15, 0.2) is 235 Å². The minimum absolute atomic E-state index is 0.0218. The molecular weight excluding hydrogens is 923 g/mol. The average Bonchev–Trinajstić information content (AvgIpc) is 4.00. The quantitative estimate of drug-likeness (QED) is 0.152. The third-order valence-electron chi connectivity index (χ3n) is 15.6. The zero-order chi connectivity index (χ0) is 51.7. The molecule has 0 N–H and O–H groups in total. The van der Waals surface area contributed by atoms with Crippen LogP contribution >= 0.6 is 0 Å². The Bertz CT molecular complexity index is 4140. The Morgan fingerprint density at radius 2 is 0.974 bits per heavy atom. The van der Waals surface area contributed by atoms with E-state index in [1.807, 2.05) is 18.2 Å². The van der Waals surface area contributed by atoms with Crippen molar-refractivity contribution in [2.45, 2.75) is 53.4 Å². The maximum absolute atomic E-state index is 6.46. The van der Waals surface area contributed by atoms with Crippen LogP contribution in [0.5, 0.6) is 0 Å². The molecule has 3 aromatic heterocycles. The van der Waals surface area contributed by atoms with Gasteiger partial charge < -0.3 is 8.98 Å². The first kappa shape index (κ1) is 46.9. The van der Waals surface area contributed by atoms with Crippen molar-refractivity contribution >= 4 is 49.3 Å². The van der Waals surface area contributed by atoms with E-state index in [9.17, 15) is 0 Å². The molecule has 1 aliphatic carbocycles. The zero-order valence-electron chi connectivity index (χ0n) is 44.0. The topological polar surface area (TPSA) is 43.9 Å². The summed E-state index contributed by atoms with van der Waals surface area (Å²) in [5, 5.41) is 4.59. The summed E-state index contributed by atoms with van der Waals surface area (Å²) in [7, 11) is 0. The van der Waals surface area contributed by atoms with Crippen molar-refractivity contribution in [3.05, 3.63) is 242 Å². The summed E-state index contributed by atoms with van der Waals surface area (Å²) in [5.74, 6) is 1.06. The predicted molar refractivity (Wildman–Crippen MR) is 320 cm³/mol. The molecule has 0 saturated carbocycles. The monoisotopic (exact) mass is 981 g/mol. The molecular formula is C72H59N3O. The van der Waals surface area contributed by atoms with Gasteiger partial charge in [0, 0.05) is 49.4 Å². The van der Waals surface area contributed by atoms with Gasteiger partial charge in [-0.1, -0.05) is 211 Å². The molecule has 4 nitrogen and oxygen atoms in total. The highest BCUT2D eigenvalue weighted by Gasteiger charge is 2.28. The van der Waals surface area contributed by atoms with Crippen molar-refractivity contribution in [2.75, 3.05) is 0 Å². The van der Waals surface area contributed by atoms with Gasteiger partial charge >= 0.3 is 0 Å². The number of para-hydroxylation sites is 1. The number of hydrogen-bond acceptors (Lipinski definition) is 3. The van der Waals surface area contributed by atoms with Crippen LogP contribution in [0.3, 0.4) is 0 Å². The van der Waals surface area contributed by atoms with E-state index in [0.29, 0.717) is 11.7 Å². The summed E-state index contributed by atoms with van der Waals surface area (Å²) in [4.78, 5) is 10.8. The van der Waals surface area contributed by atoms with E-state index in [4.69, 9.17) is 14.4 Å². The normalized spacial score (nSPS) is 14.0. The fourth-order valence-electron chi connectivity index (χ4n) is 11.3. The Balaban J connectivity index is 1.11. The fraction of sp³-hybridized carbons (Fsp3) is 0.139. The van der Waals surface area contributed by atoms with Gasteiger partial charge in [0.1, 0.15) is 11.2 Å². The minimum atomic E-state index is -0.0218. The Labute approximate surface area is 445 Å². The summed E-state index contributed by atoms with van der Waals surface area (Å²) in [6, 6.07) is 76.8. The molecule has 368 valence electrons. The number of fused-ring (bicyclic) bond motifs is 6. The maximum atomic E-state index is 6.46. The zero-order valence-corrected chi connectivity index (χ0v) is 44.0. The van der Waals surface area contributed by atoms with Gasteiger partial charge in [0.2, 0.25) is 0 Å². The van der Waals surface area contributed by atoms with Crippen LogP contribution in [0.4, 0.5) is 0 Å². The van der Waals surface area contributed by atoms with Gasteiger partial charge in [0.25, 0.3) is 0 Å². The molecule has 3 heterocycles. The van der Waals surface area contributed by atoms with Crippen molar-refractivity contribution in [1.29, 1.82) is 0 Å². The molecule has 1 atom stereocenters. The van der Waals surface area contributed by atoms with Crippen molar-refractivity contribution in [3.63, 3.8) is 0 Å². The number of furan rings is 1. The van der Waals surface area contributed by atoms with E-state index in [1.54, 1.807) is 0 Å². The number of rotatable bonds is 8. The molecule has 0 spiro atoms. The summed E-state index contributed by atoms with van der Waals surface area (Å²) >= 11 is 0. The first-order valence-electron chi connectivity index (χ1n) is 26.6. The number of benzene rings is 9. The average molecular weight is 982 g/mol. The van der Waals surface area contributed by atoms with Crippen molar-refractivity contribution in [3.8, 4) is 73.0 Å². The third kappa shape index (κ3) is 8.54. The van der Waals surface area contributed by atoms with Gasteiger partial charge in [-0.05, 0) is 123 Å². The molecule has 0 aliphatic heterocycles. The molecule has 9 aromatic carbocycles. The molecule has 0 amide bonds. The van der Waals surface area contributed by atoms with Gasteiger partial charge in [-0.2, -0.15) is 0 Å². The lowest BCUT2D eigenvalue weighted by molar-refractivity contribution is 0.294. The highest BCUT2D eigenvalue weighted by Crippen LogP contribution is 2.47. The summed E-state index contributed by atoms with van der Waals surface area (Å²) in [5.41, 5.74) is 20.4. The molecule has 76 heavy (non-hydrogen) atoms. The van der Waals surface area contributed by atoms with Crippen LogP contribution in [0.25, 0.3) is 122 Å². The second-order valence-electron chi connectivity index (χ2n) is 22.6. The molecule has 0 bridgehead atoms. The summed E-state index contributed by atoms with van der Waals surface area (Å²) in [6.07, 6.45) is 8.23. The van der Waals surface area contributed by atoms with Crippen molar-refractivity contribution in [2.24, 2.45) is 11.3 Å². The number of allylic oxidation sites excluding steroid dienone is 4. The van der Waals surface area contributed by atoms with E-state index in [-0.39, 0.29) is 10.8 Å². The maximum Gasteiger partial charge on any atom is 0.160 e. The number of hydrogen-bond donors (Lipinski definition) is 0. The minimum Gasteiger partial charge on any atom is -0.456 e. The fourth-order valence-corrected chi connectivity index (χ4v) is 11.3. The lowest BCUT2D eigenvalue weighted by Gasteiger charge is -2.30. The highest BCUT2D eigenvalue weighted by molar-refractivity contribution is 6.13. The van der Waals surface area contributed by atoms with Crippen LogP contribution in [0.2, 0.25) is 0 Å². The Hall–Kier alpha value is -8.86. The molecule has 4 heteroatoms. The molecule has 1 aliphatic rings. The Morgan fingerprint density at radius 3 is 1.57 bits per heavy atom. The second kappa shape index (κ2) is 18.5. The van der Waals surface area contributed by atoms with Crippen LogP contribution in [-0.4, -0.2) is 14.5 Å². The van der Waals surface area contributed by atoms with Crippen LogP contribution in [0, 0.1) is 11.3 Å². The SMILES string of the molecule is CC(C)(C)c1ccc(-c2cc(-c3cc(-c4ccc5c(c4)oc4ccccc45)nc(-c4ccccc4)n3)cc(C3=CCC(C(C)(C)C)C=C3)c2-n2c3ccc(-c4ccccc4)cc3c3cc(-c4ccccc4)ccc32)cc1. The van der Waals surface area contributed by atoms with E-state index in [1.165, 1.54) is 44.2 Å². The molecule has 12 aromatic rings. The van der Waals surface area contributed by atoms with Crippen LogP contribution in [0.1, 0.15) is 59.1 Å². The van der Waals surface area contributed by atoms with E-state index in [0.717, 1.165) is 89.8 Å². The van der Waals surface area contributed by atoms with E-state index >= 15 is 0 Å². The number of nitrogens with zero attached hydrogens (tertiary/aromatic N) is 3. The largest absolute Gasteiger partial charge is 0.456 e. The van der Waals surface area contributed by atoms with Crippen molar-refractivity contribution in [1.82, 2.24) is 14.5 Å². The van der Waals surface area contributed by atoms with Crippen molar-refractivity contribution < 1.29 is 4.42 Å². The van der Waals surface area contributed by atoms with Gasteiger partial charge in [-0.3, -0.25) is 0 Å². The Kier molecular flexibility index (Phi) is 11.4. The predicted octanol–water partition coefficient (Wildman–Crippen LogP) is 19.8. The highest BCUT2D eigenvalue weighted by atomic mass is 16.3. The standard InChI is InChI=1S/C72H59N3O/c1-71(2,3)55-33-26-48(27-34-55)59-42-54(64-45-63(73-70(74-64)50-22-14-9-15-23-50)53-30-37-58-57-24-16-17-25-67(57)76-68(58)44-53)43-60(49-28-35-56(36-29-49)72(4,5)6)69(59)75-65-38-31-51(46-18-10-7-11-19-46)40-61(65)62-41-52(32-39-66(62)75)47-20-12-8-13-21-47/h7-35,37-45,56H,36H2,1-6H3. The molecule has 1 unspecified atom stereocenters. The van der Waals surface area contributed by atoms with E-state index in [2.05, 4.69) is 258 Å². The van der Waals surface area contributed by atoms with Crippen LogP contribution < -0.4 is 0 Å². The Morgan fingerprint density at radius 1 is 0.434 bits per heavy atom. The molecule has 13 rings (SSSR count). The summed E-state index contributed by atoms with van der Waals surface area (Å²) in [6.45, 7) is 13.9. The van der Waals surface area contributed by atoms with Crippen LogP contribution in [-0.2, 0) is 5.41 Å². The molecule has 0 saturated heterocycles. The third-order valence-corrected chi connectivity index (χ3v) is 15.6. The summed E-state index contributed by atoms with van der Waals surface area (Å²) < 4.78 is 9.01. The first-order chi connectivity index (χ1) is 36.9. The lowest BCUT2D eigenvalue weighted by Crippen LogP contribution is -2.19. The van der Waals surface area contributed by atoms with Gasteiger partial charge in [-0.25, -0.2) is 9.97 Å². The molecule has 0 fully saturated rings. The lowest BCUT2D eigenvalue weighted by atomic mass is 9.75. The van der Waals surface area contributed by atoms with Gasteiger partial charge in [0.15, 0.2) is 5.82 Å². The van der Waals surface area contributed by atoms with Gasteiger partial charge in [0.05, 0.1) is 28.1 Å². The smallest absolute Gasteiger partial charge is 0.160 e. The van der Waals surface area contributed by atoms with E-state index < -0.39 is 0 Å². The molecule has 0 radical (unpaired) electrons. The van der Waals surface area contributed by atoms with Gasteiger partial charge in [-0.15, -0.1) is 0 Å². The number of aromatic nitrogens is 3. The second-order valence-corrected chi connectivity index (χ2v) is 22.6. The first-order valence-corrected chi connectivity index (χ1v) is 26.6.